The lowest BCUT2D eigenvalue weighted by Gasteiger charge is -2.24. The number of aliphatic hydroxyl groups is 1. The van der Waals surface area contributed by atoms with Crippen molar-refractivity contribution in [2.75, 3.05) is 30.4 Å². The summed E-state index contributed by atoms with van der Waals surface area (Å²) in [5.74, 6) is 6.78. The van der Waals surface area contributed by atoms with Gasteiger partial charge in [-0.05, 0) is 31.0 Å². The van der Waals surface area contributed by atoms with Crippen molar-refractivity contribution in [2.45, 2.75) is 24.4 Å². The molecule has 1 saturated heterocycles. The molecule has 1 fully saturated rings. The van der Waals surface area contributed by atoms with Crippen molar-refractivity contribution in [3.8, 4) is 11.8 Å². The molecule has 1 unspecified atom stereocenters. The highest BCUT2D eigenvalue weighted by Crippen LogP contribution is 2.49. The number of halogens is 1. The molecule has 1 aromatic carbocycles. The zero-order valence-electron chi connectivity index (χ0n) is 16.8. The van der Waals surface area contributed by atoms with Gasteiger partial charge in [-0.15, -0.1) is 11.3 Å². The van der Waals surface area contributed by atoms with Crippen LogP contribution in [0.5, 0.6) is 0 Å². The second-order valence-electron chi connectivity index (χ2n) is 7.96. The summed E-state index contributed by atoms with van der Waals surface area (Å²) >= 11 is 7.81. The van der Waals surface area contributed by atoms with Gasteiger partial charge in [-0.25, -0.2) is 9.97 Å². The van der Waals surface area contributed by atoms with Gasteiger partial charge in [0.25, 0.3) is 0 Å². The van der Waals surface area contributed by atoms with Gasteiger partial charge in [0, 0.05) is 41.4 Å². The second kappa shape index (κ2) is 7.46. The third kappa shape index (κ3) is 3.54. The Morgan fingerprint density at radius 3 is 3.00 bits per heavy atom. The molecule has 0 bridgehead atoms. The molecule has 0 saturated carbocycles. The van der Waals surface area contributed by atoms with Crippen molar-refractivity contribution < 1.29 is 9.84 Å². The smallest absolute Gasteiger partial charge is 0.222 e. The molecule has 3 aromatic rings. The number of nitrogens with two attached hydrogens (primary N) is 1. The van der Waals surface area contributed by atoms with Crippen LogP contribution in [0.25, 0.3) is 0 Å². The Morgan fingerprint density at radius 2 is 2.26 bits per heavy atom. The molecule has 0 radical (unpaired) electrons. The van der Waals surface area contributed by atoms with Crippen LogP contribution in [0, 0.1) is 11.8 Å². The van der Waals surface area contributed by atoms with Crippen molar-refractivity contribution in [3.05, 3.63) is 57.1 Å². The van der Waals surface area contributed by atoms with Crippen LogP contribution >= 0.6 is 22.9 Å². The van der Waals surface area contributed by atoms with Crippen LogP contribution in [0.15, 0.2) is 36.0 Å². The first kappa shape index (κ1) is 20.2. The van der Waals surface area contributed by atoms with E-state index in [0.717, 1.165) is 17.7 Å². The van der Waals surface area contributed by atoms with E-state index in [0.29, 0.717) is 35.6 Å². The first-order chi connectivity index (χ1) is 14.9. The van der Waals surface area contributed by atoms with Gasteiger partial charge in [-0.1, -0.05) is 29.5 Å². The standard InChI is InChI=1S/C22H20ClN5O2S/c1-21(29,19-25-7-9-31-19)5-4-14-2-3-15-17(10-14)28(12-22(15)6-8-30-13-22)18-16(23)11-26-20(24)27-18/h2-3,7,9-11,29H,6,8,12-13H2,1H3,(H2,24,26,27)/t21-,22?/m1/s1. The second-order valence-corrected chi connectivity index (χ2v) is 9.26. The number of anilines is 3. The molecular weight excluding hydrogens is 434 g/mol. The lowest BCUT2D eigenvalue weighted by molar-refractivity contribution is 0.122. The minimum Gasteiger partial charge on any atom is -0.380 e. The maximum atomic E-state index is 10.7. The molecule has 1 spiro atoms. The average molecular weight is 454 g/mol. The number of ether oxygens (including phenoxy) is 1. The molecule has 4 heterocycles. The van der Waals surface area contributed by atoms with Crippen LogP contribution in [0.2, 0.25) is 5.02 Å². The van der Waals surface area contributed by atoms with Crippen LogP contribution < -0.4 is 10.6 Å². The number of thiazole rings is 1. The molecular formula is C22H20ClN5O2S. The van der Waals surface area contributed by atoms with Crippen LogP contribution in [0.4, 0.5) is 17.5 Å². The number of nitrogen functional groups attached to an aromatic ring is 1. The minimum atomic E-state index is -1.32. The molecule has 9 heteroatoms. The zero-order chi connectivity index (χ0) is 21.6. The summed E-state index contributed by atoms with van der Waals surface area (Å²) in [6.45, 7) is 3.68. The molecule has 31 heavy (non-hydrogen) atoms. The summed E-state index contributed by atoms with van der Waals surface area (Å²) in [7, 11) is 0. The minimum absolute atomic E-state index is 0.128. The number of hydrogen-bond acceptors (Lipinski definition) is 8. The Bertz CT molecular complexity index is 1200. The topological polar surface area (TPSA) is 97.4 Å². The monoisotopic (exact) mass is 453 g/mol. The van der Waals surface area contributed by atoms with E-state index in [9.17, 15) is 5.11 Å². The largest absolute Gasteiger partial charge is 0.380 e. The first-order valence-electron chi connectivity index (χ1n) is 9.81. The summed E-state index contributed by atoms with van der Waals surface area (Å²) in [6, 6.07) is 6.07. The number of benzene rings is 1. The number of hydrogen-bond donors (Lipinski definition) is 2. The normalized spacial score (nSPS) is 21.6. The van der Waals surface area contributed by atoms with Gasteiger partial charge in [0.1, 0.15) is 10.0 Å². The van der Waals surface area contributed by atoms with Crippen molar-refractivity contribution in [3.63, 3.8) is 0 Å². The quantitative estimate of drug-likeness (QED) is 0.575. The molecule has 2 atom stereocenters. The van der Waals surface area contributed by atoms with E-state index >= 15 is 0 Å². The van der Waals surface area contributed by atoms with E-state index in [1.807, 2.05) is 17.5 Å². The van der Waals surface area contributed by atoms with Crippen LogP contribution in [0.1, 0.15) is 29.5 Å². The Kier molecular flexibility index (Phi) is 4.87. The third-order valence-corrected chi connectivity index (χ3v) is 6.97. The fraction of sp³-hybridized carbons (Fsp3) is 0.318. The highest BCUT2D eigenvalue weighted by molar-refractivity contribution is 7.09. The van der Waals surface area contributed by atoms with Crippen molar-refractivity contribution >= 4 is 40.4 Å². The third-order valence-electron chi connectivity index (χ3n) is 5.72. The van der Waals surface area contributed by atoms with Gasteiger partial charge < -0.3 is 20.5 Å². The van der Waals surface area contributed by atoms with Gasteiger partial charge in [-0.2, -0.15) is 4.98 Å². The highest BCUT2D eigenvalue weighted by Gasteiger charge is 2.46. The molecule has 7 nitrogen and oxygen atoms in total. The number of aromatic nitrogens is 3. The SMILES string of the molecule is C[C@@](O)(C#Cc1ccc2c(c1)N(c1nc(N)ncc1Cl)CC21CCOC1)c1nccs1. The highest BCUT2D eigenvalue weighted by atomic mass is 35.5. The maximum Gasteiger partial charge on any atom is 0.222 e. The Morgan fingerprint density at radius 1 is 1.39 bits per heavy atom. The van der Waals surface area contributed by atoms with Gasteiger partial charge in [0.2, 0.25) is 5.95 Å². The van der Waals surface area contributed by atoms with Gasteiger partial charge >= 0.3 is 0 Å². The fourth-order valence-electron chi connectivity index (χ4n) is 4.16. The molecule has 3 N–H and O–H groups in total. The number of fused-ring (bicyclic) bond motifs is 2. The summed E-state index contributed by atoms with van der Waals surface area (Å²) < 4.78 is 5.76. The average Bonchev–Trinajstić information content (AvgIpc) is 3.50. The summed E-state index contributed by atoms with van der Waals surface area (Å²) in [5, 5.41) is 13.5. The molecule has 0 amide bonds. The van der Waals surface area contributed by atoms with Crippen molar-refractivity contribution in [1.82, 2.24) is 15.0 Å². The van der Waals surface area contributed by atoms with Crippen LogP contribution in [-0.2, 0) is 15.8 Å². The molecule has 2 aliphatic rings. The van der Waals surface area contributed by atoms with Gasteiger partial charge in [0.05, 0.1) is 12.8 Å². The maximum absolute atomic E-state index is 10.7. The van der Waals surface area contributed by atoms with E-state index in [-0.39, 0.29) is 11.4 Å². The first-order valence-corrected chi connectivity index (χ1v) is 11.1. The van der Waals surface area contributed by atoms with E-state index in [1.54, 1.807) is 13.1 Å². The van der Waals surface area contributed by atoms with E-state index in [2.05, 4.69) is 37.8 Å². The fourth-order valence-corrected chi connectivity index (χ4v) is 5.01. The molecule has 2 aromatic heterocycles. The zero-order valence-corrected chi connectivity index (χ0v) is 18.4. The van der Waals surface area contributed by atoms with E-state index in [1.165, 1.54) is 23.1 Å². The number of nitrogens with zero attached hydrogens (tertiary/aromatic N) is 4. The van der Waals surface area contributed by atoms with Crippen molar-refractivity contribution in [1.29, 1.82) is 0 Å². The molecule has 0 aliphatic carbocycles. The predicted octanol–water partition coefficient (Wildman–Crippen LogP) is 3.24. The summed E-state index contributed by atoms with van der Waals surface area (Å²) in [4.78, 5) is 14.6. The van der Waals surface area contributed by atoms with E-state index < -0.39 is 5.60 Å². The summed E-state index contributed by atoms with van der Waals surface area (Å²) in [5.41, 5.74) is 7.31. The molecule has 2 aliphatic heterocycles. The molecule has 5 rings (SSSR count). The predicted molar refractivity (Wildman–Crippen MR) is 121 cm³/mol. The summed E-state index contributed by atoms with van der Waals surface area (Å²) in [6.07, 6.45) is 4.09. The molecule has 158 valence electrons. The Balaban J connectivity index is 1.58. The van der Waals surface area contributed by atoms with Crippen LogP contribution in [0.3, 0.4) is 0 Å². The number of rotatable bonds is 2. The van der Waals surface area contributed by atoms with Crippen molar-refractivity contribution in [2.24, 2.45) is 0 Å². The van der Waals surface area contributed by atoms with Gasteiger partial charge in [0.15, 0.2) is 11.4 Å². The lowest BCUT2D eigenvalue weighted by Crippen LogP contribution is -2.32. The van der Waals surface area contributed by atoms with E-state index in [4.69, 9.17) is 22.1 Å². The van der Waals surface area contributed by atoms with Gasteiger partial charge in [-0.3, -0.25) is 0 Å². The lowest BCUT2D eigenvalue weighted by atomic mass is 9.81. The Labute approximate surface area is 188 Å². The Hall–Kier alpha value is -2.70. The van der Waals surface area contributed by atoms with Crippen LogP contribution in [-0.4, -0.2) is 39.8 Å².